The number of carbonyl (C=O) groups is 4. The second-order valence-corrected chi connectivity index (χ2v) is 12.1. The summed E-state index contributed by atoms with van der Waals surface area (Å²) in [6.07, 6.45) is 3.62. The number of hydrogen-bond acceptors (Lipinski definition) is 8. The molecule has 0 aromatic carbocycles. The Bertz CT molecular complexity index is 765. The van der Waals surface area contributed by atoms with Gasteiger partial charge in [0.05, 0.1) is 0 Å². The summed E-state index contributed by atoms with van der Waals surface area (Å²) in [5, 5.41) is 3.14. The molecule has 0 atom stereocenters. The Morgan fingerprint density at radius 2 is 1.10 bits per heavy atom. The third kappa shape index (κ3) is 16.7. The Morgan fingerprint density at radius 3 is 1.38 bits per heavy atom. The van der Waals surface area contributed by atoms with Gasteiger partial charge in [-0.1, -0.05) is 13.8 Å². The molecule has 3 N–H and O–H groups in total. The number of ether oxygens (including phenoxy) is 2. The van der Waals surface area contributed by atoms with Crippen LogP contribution in [0.1, 0.15) is 81.1 Å². The smallest absolute Gasteiger partial charge is 0.410 e. The number of ketones is 2. The average molecular weight is 577 g/mol. The van der Waals surface area contributed by atoms with Crippen LogP contribution in [0.4, 0.5) is 9.59 Å². The minimum atomic E-state index is -0.443. The molecule has 3 aliphatic rings. The van der Waals surface area contributed by atoms with E-state index in [2.05, 4.69) is 16.9 Å². The number of nitrogens with one attached hydrogen (secondary N) is 1. The van der Waals surface area contributed by atoms with Crippen molar-refractivity contribution in [2.24, 2.45) is 17.6 Å². The summed E-state index contributed by atoms with van der Waals surface area (Å²) in [4.78, 5) is 48.0. The van der Waals surface area contributed by atoms with Crippen molar-refractivity contribution in [3.8, 4) is 0 Å². The molecule has 2 amide bonds. The van der Waals surface area contributed by atoms with E-state index >= 15 is 0 Å². The van der Waals surface area contributed by atoms with Crippen molar-refractivity contribution in [3.05, 3.63) is 0 Å². The van der Waals surface area contributed by atoms with Gasteiger partial charge in [0.2, 0.25) is 0 Å². The summed E-state index contributed by atoms with van der Waals surface area (Å²) >= 11 is 4.64. The number of nitrogens with two attached hydrogens (primary N) is 1. The van der Waals surface area contributed by atoms with E-state index in [0.717, 1.165) is 19.5 Å². The molecule has 228 valence electrons. The zero-order valence-electron chi connectivity index (χ0n) is 25.6. The number of alkyl halides is 1. The number of carbonyl (C=O) groups excluding carboxylic acids is 4. The van der Waals surface area contributed by atoms with Gasteiger partial charge < -0.3 is 30.3 Å². The maximum Gasteiger partial charge on any atom is 0.410 e. The van der Waals surface area contributed by atoms with Gasteiger partial charge in [-0.3, -0.25) is 9.59 Å². The van der Waals surface area contributed by atoms with E-state index in [4.69, 9.17) is 15.2 Å². The first-order valence-corrected chi connectivity index (χ1v) is 14.6. The first kappa shape index (κ1) is 37.1. The third-order valence-electron chi connectivity index (χ3n) is 5.86. The minimum Gasteiger partial charge on any atom is -0.444 e. The van der Waals surface area contributed by atoms with Crippen molar-refractivity contribution in [2.45, 2.75) is 98.3 Å². The Labute approximate surface area is 240 Å². The molecule has 3 rings (SSSR count). The molecule has 0 spiro atoms. The molecule has 0 aromatic heterocycles. The van der Waals surface area contributed by atoms with Crippen molar-refractivity contribution >= 4 is 35.4 Å². The number of nitrogens with zero attached hydrogens (tertiary/aromatic N) is 2. The summed E-state index contributed by atoms with van der Waals surface area (Å²) < 4.78 is 10.3. The van der Waals surface area contributed by atoms with Gasteiger partial charge in [0.15, 0.2) is 0 Å². The molecule has 0 aromatic rings. The van der Waals surface area contributed by atoms with E-state index in [-0.39, 0.29) is 24.0 Å². The first-order valence-electron chi connectivity index (χ1n) is 13.9. The highest BCUT2D eigenvalue weighted by Crippen LogP contribution is 2.22. The fourth-order valence-corrected chi connectivity index (χ4v) is 3.59. The van der Waals surface area contributed by atoms with Gasteiger partial charge in [0.1, 0.15) is 22.8 Å². The standard InChI is InChI=1S/C12H21NO3.C8H16N2O2.C7H13NO.CH3Cl/c1-5-10(14)6-9-7-13(8-9)11(15)16-12(2,3)4;1-8(2,3)12-7(11)10-4-6(9)5-10;1-2-7(9)3-6-4-8-5-6;1-2/h9H,5-8H2,1-4H3;6H,4-5,9H2,1-3H3;6,8H,2-5H2,1H3;1H3. The van der Waals surface area contributed by atoms with E-state index in [1.54, 1.807) is 9.80 Å². The molecule has 0 bridgehead atoms. The first-order chi connectivity index (χ1) is 18.0. The highest BCUT2D eigenvalue weighted by molar-refractivity contribution is 6.15. The van der Waals surface area contributed by atoms with E-state index in [9.17, 15) is 19.2 Å². The second-order valence-electron chi connectivity index (χ2n) is 12.1. The molecule has 3 aliphatic heterocycles. The van der Waals surface area contributed by atoms with Crippen LogP contribution in [-0.4, -0.2) is 96.4 Å². The molecular weight excluding hydrogens is 524 g/mol. The fourth-order valence-electron chi connectivity index (χ4n) is 3.59. The Balaban J connectivity index is 0.000000558. The average Bonchev–Trinajstić information content (AvgIpc) is 2.75. The van der Waals surface area contributed by atoms with Crippen molar-refractivity contribution in [1.29, 1.82) is 0 Å². The largest absolute Gasteiger partial charge is 0.444 e. The van der Waals surface area contributed by atoms with Crippen LogP contribution in [0.3, 0.4) is 0 Å². The van der Waals surface area contributed by atoms with Crippen LogP contribution in [0.15, 0.2) is 0 Å². The number of amides is 2. The predicted octanol–water partition coefficient (Wildman–Crippen LogP) is 4.22. The lowest BCUT2D eigenvalue weighted by molar-refractivity contribution is -0.121. The normalized spacial score (nSPS) is 17.3. The molecule has 0 radical (unpaired) electrons. The van der Waals surface area contributed by atoms with Crippen molar-refractivity contribution in [2.75, 3.05) is 45.7 Å². The highest BCUT2D eigenvalue weighted by Gasteiger charge is 2.34. The van der Waals surface area contributed by atoms with E-state index in [1.807, 2.05) is 55.4 Å². The second kappa shape index (κ2) is 17.7. The molecule has 11 heteroatoms. The quantitative estimate of drug-likeness (QED) is 0.449. The number of Topliss-reactive ketones (excluding diaryl/α,β-unsaturated/α-hetero) is 2. The van der Waals surface area contributed by atoms with Crippen LogP contribution in [0.5, 0.6) is 0 Å². The Morgan fingerprint density at radius 1 is 0.744 bits per heavy atom. The van der Waals surface area contributed by atoms with Gasteiger partial charge in [0.25, 0.3) is 0 Å². The fraction of sp³-hybridized carbons (Fsp3) is 0.857. The predicted molar refractivity (Wildman–Crippen MR) is 155 cm³/mol. The summed E-state index contributed by atoms with van der Waals surface area (Å²) in [5.41, 5.74) is 4.67. The molecular formula is C28H53ClN4O6. The number of likely N-dealkylation sites (tertiary alicyclic amines) is 2. The lowest BCUT2D eigenvalue weighted by atomic mass is 9.94. The van der Waals surface area contributed by atoms with Gasteiger partial charge in [-0.2, -0.15) is 0 Å². The highest BCUT2D eigenvalue weighted by atomic mass is 35.5. The molecule has 3 saturated heterocycles. The Kier molecular flexibility index (Phi) is 16.8. The summed E-state index contributed by atoms with van der Waals surface area (Å²) in [7, 11) is 0. The lowest BCUT2D eigenvalue weighted by Gasteiger charge is -2.39. The van der Waals surface area contributed by atoms with Crippen LogP contribution < -0.4 is 11.1 Å². The molecule has 10 nitrogen and oxygen atoms in total. The van der Waals surface area contributed by atoms with Crippen LogP contribution in [0.25, 0.3) is 0 Å². The van der Waals surface area contributed by atoms with Gasteiger partial charge in [-0.25, -0.2) is 9.59 Å². The van der Waals surface area contributed by atoms with Crippen LogP contribution in [0, 0.1) is 11.8 Å². The van der Waals surface area contributed by atoms with Gasteiger partial charge in [-0.15, -0.1) is 11.6 Å². The van der Waals surface area contributed by atoms with Gasteiger partial charge in [0, 0.05) is 70.2 Å². The monoisotopic (exact) mass is 576 g/mol. The molecule has 0 saturated carbocycles. The third-order valence-corrected chi connectivity index (χ3v) is 5.86. The molecule has 3 fully saturated rings. The van der Waals surface area contributed by atoms with Crippen LogP contribution in [-0.2, 0) is 19.1 Å². The molecule has 0 unspecified atom stereocenters. The number of halogens is 1. The van der Waals surface area contributed by atoms with Crippen molar-refractivity contribution in [1.82, 2.24) is 15.1 Å². The topological polar surface area (TPSA) is 131 Å². The number of rotatable bonds is 6. The summed E-state index contributed by atoms with van der Waals surface area (Å²) in [6, 6.07) is 0.137. The minimum absolute atomic E-state index is 0.137. The molecule has 0 aliphatic carbocycles. The summed E-state index contributed by atoms with van der Waals surface area (Å²) in [5.74, 6) is 1.66. The van der Waals surface area contributed by atoms with E-state index < -0.39 is 11.2 Å². The van der Waals surface area contributed by atoms with Crippen molar-refractivity contribution in [3.63, 3.8) is 0 Å². The van der Waals surface area contributed by atoms with Crippen LogP contribution >= 0.6 is 11.6 Å². The SMILES string of the molecule is CC(C)(C)OC(=O)N1CC(N)C1.CCC(=O)CC1CN(C(=O)OC(C)(C)C)C1.CCC(=O)CC1CNC1.CCl. The summed E-state index contributed by atoms with van der Waals surface area (Å²) in [6.45, 7) is 19.5. The van der Waals surface area contributed by atoms with Crippen LogP contribution in [0.2, 0.25) is 0 Å². The van der Waals surface area contributed by atoms with Gasteiger partial charge in [-0.05, 0) is 60.5 Å². The molecule has 3 heterocycles. The number of hydrogen-bond donors (Lipinski definition) is 2. The Hall–Kier alpha value is -1.91. The van der Waals surface area contributed by atoms with E-state index in [0.29, 0.717) is 63.1 Å². The van der Waals surface area contributed by atoms with Crippen molar-refractivity contribution < 1.29 is 28.7 Å². The van der Waals surface area contributed by atoms with Gasteiger partial charge >= 0.3 is 12.2 Å². The van der Waals surface area contributed by atoms with E-state index in [1.165, 1.54) is 6.38 Å². The zero-order valence-corrected chi connectivity index (χ0v) is 26.4. The molecule has 39 heavy (non-hydrogen) atoms. The maximum atomic E-state index is 11.6. The lowest BCUT2D eigenvalue weighted by Crippen LogP contribution is -2.58. The maximum absolute atomic E-state index is 11.6. The zero-order chi connectivity index (χ0) is 30.4.